The van der Waals surface area contributed by atoms with Crippen LogP contribution in [0.5, 0.6) is 11.5 Å². The molecule has 0 aliphatic carbocycles. The quantitative estimate of drug-likeness (QED) is 0.258. The van der Waals surface area contributed by atoms with E-state index >= 15 is 0 Å². The van der Waals surface area contributed by atoms with E-state index in [0.29, 0.717) is 51.4 Å². The number of benzene rings is 3. The standard InChI is InChI=1S/C31H28ClF3N4O5/c32-24-16-21(31(33,34)35)5-7-27(24)44-22-3-1-2-19(14-22)29(40)38-11-9-37(10-12-38)18-28-36-25-6-4-20(30(41)42)15-26(25)39(28)17-23-8-13-43-23/h1-7,14-16,23H,8-13,17-18H2,(H,41,42)/t23-/m0/s1. The molecule has 1 aromatic heterocycles. The summed E-state index contributed by atoms with van der Waals surface area (Å²) in [5.74, 6) is -0.0559. The van der Waals surface area contributed by atoms with Gasteiger partial charge in [0.2, 0.25) is 0 Å². The number of hydrogen-bond donors (Lipinski definition) is 1. The van der Waals surface area contributed by atoms with Gasteiger partial charge in [0.25, 0.3) is 5.91 Å². The van der Waals surface area contributed by atoms with Crippen molar-refractivity contribution < 1.29 is 37.3 Å². The Morgan fingerprint density at radius 2 is 1.80 bits per heavy atom. The second-order valence-corrected chi connectivity index (χ2v) is 11.2. The molecule has 1 amide bonds. The summed E-state index contributed by atoms with van der Waals surface area (Å²) in [4.78, 5) is 33.6. The molecule has 1 atom stereocenters. The molecule has 13 heteroatoms. The Kier molecular flexibility index (Phi) is 8.23. The molecule has 3 aromatic carbocycles. The van der Waals surface area contributed by atoms with Gasteiger partial charge in [-0.3, -0.25) is 9.69 Å². The van der Waals surface area contributed by atoms with Gasteiger partial charge in [-0.1, -0.05) is 17.7 Å². The average Bonchev–Trinajstić information content (AvgIpc) is 3.31. The number of amides is 1. The van der Waals surface area contributed by atoms with Crippen molar-refractivity contribution in [1.82, 2.24) is 19.4 Å². The fourth-order valence-electron chi connectivity index (χ4n) is 5.33. The topological polar surface area (TPSA) is 97.1 Å². The van der Waals surface area contributed by atoms with E-state index in [1.165, 1.54) is 0 Å². The number of ether oxygens (including phenoxy) is 2. The molecule has 2 fully saturated rings. The fourth-order valence-corrected chi connectivity index (χ4v) is 5.55. The van der Waals surface area contributed by atoms with E-state index in [1.54, 1.807) is 47.4 Å². The van der Waals surface area contributed by atoms with Crippen LogP contribution in [0.4, 0.5) is 13.2 Å². The number of carbonyl (C=O) groups excluding carboxylic acids is 1. The number of rotatable bonds is 8. The maximum absolute atomic E-state index is 13.3. The van der Waals surface area contributed by atoms with Crippen molar-refractivity contribution in [1.29, 1.82) is 0 Å². The Bertz CT molecular complexity index is 1710. The molecule has 2 saturated heterocycles. The van der Waals surface area contributed by atoms with Crippen LogP contribution in [-0.4, -0.2) is 75.2 Å². The van der Waals surface area contributed by atoms with Crippen LogP contribution in [0.2, 0.25) is 5.02 Å². The van der Waals surface area contributed by atoms with Crippen molar-refractivity contribution in [3.63, 3.8) is 0 Å². The largest absolute Gasteiger partial charge is 0.478 e. The summed E-state index contributed by atoms with van der Waals surface area (Å²) in [6.07, 6.45) is -3.53. The van der Waals surface area contributed by atoms with Crippen molar-refractivity contribution >= 4 is 34.5 Å². The lowest BCUT2D eigenvalue weighted by Gasteiger charge is -2.35. The van der Waals surface area contributed by atoms with Crippen molar-refractivity contribution in [3.05, 3.63) is 88.2 Å². The number of aromatic nitrogens is 2. The summed E-state index contributed by atoms with van der Waals surface area (Å²) < 4.78 is 52.3. The van der Waals surface area contributed by atoms with E-state index in [0.717, 1.165) is 41.5 Å². The van der Waals surface area contributed by atoms with Gasteiger partial charge >= 0.3 is 12.1 Å². The first kappa shape index (κ1) is 29.9. The average molecular weight is 629 g/mol. The monoisotopic (exact) mass is 628 g/mol. The Labute approximate surface area is 255 Å². The van der Waals surface area contributed by atoms with Crippen molar-refractivity contribution in [2.45, 2.75) is 31.8 Å². The van der Waals surface area contributed by atoms with E-state index in [-0.39, 0.29) is 34.1 Å². The van der Waals surface area contributed by atoms with Gasteiger partial charge < -0.3 is 24.0 Å². The molecule has 0 saturated carbocycles. The number of nitrogens with zero attached hydrogens (tertiary/aromatic N) is 4. The second-order valence-electron chi connectivity index (χ2n) is 10.8. The molecule has 3 heterocycles. The van der Waals surface area contributed by atoms with E-state index in [1.807, 2.05) is 4.57 Å². The number of piperazine rings is 1. The molecule has 0 unspecified atom stereocenters. The van der Waals surface area contributed by atoms with Gasteiger partial charge in [0, 0.05) is 38.3 Å². The molecule has 4 aromatic rings. The van der Waals surface area contributed by atoms with Gasteiger partial charge in [0.1, 0.15) is 17.3 Å². The molecule has 230 valence electrons. The number of carboxylic acid groups (broad SMARTS) is 1. The lowest BCUT2D eigenvalue weighted by Crippen LogP contribution is -2.48. The molecule has 0 bridgehead atoms. The van der Waals surface area contributed by atoms with Gasteiger partial charge in [0.15, 0.2) is 0 Å². The zero-order valence-electron chi connectivity index (χ0n) is 23.4. The molecule has 9 nitrogen and oxygen atoms in total. The van der Waals surface area contributed by atoms with Crippen LogP contribution in [0.15, 0.2) is 60.7 Å². The maximum Gasteiger partial charge on any atom is 0.416 e. The predicted octanol–water partition coefficient (Wildman–Crippen LogP) is 5.95. The first-order chi connectivity index (χ1) is 21.0. The number of halogens is 4. The van der Waals surface area contributed by atoms with Crippen LogP contribution in [0, 0.1) is 0 Å². The normalized spacial score (nSPS) is 17.5. The summed E-state index contributed by atoms with van der Waals surface area (Å²) in [5, 5.41) is 9.29. The highest BCUT2D eigenvalue weighted by Gasteiger charge is 2.31. The number of carboxylic acids is 1. The minimum absolute atomic E-state index is 0.0481. The molecule has 0 radical (unpaired) electrons. The number of carbonyl (C=O) groups is 2. The summed E-state index contributed by atoms with van der Waals surface area (Å²) in [6, 6.07) is 14.2. The Hall–Kier alpha value is -4.13. The zero-order chi connectivity index (χ0) is 31.0. The molecular formula is C31H28ClF3N4O5. The number of fused-ring (bicyclic) bond motifs is 1. The Morgan fingerprint density at radius 1 is 1.02 bits per heavy atom. The van der Waals surface area contributed by atoms with Crippen LogP contribution in [-0.2, 0) is 24.0 Å². The summed E-state index contributed by atoms with van der Waals surface area (Å²) in [7, 11) is 0. The predicted molar refractivity (Wildman–Crippen MR) is 155 cm³/mol. The van der Waals surface area contributed by atoms with E-state index in [9.17, 15) is 27.9 Å². The second kappa shape index (κ2) is 12.1. The first-order valence-electron chi connectivity index (χ1n) is 14.1. The molecule has 1 N–H and O–H groups in total. The van der Waals surface area contributed by atoms with E-state index in [4.69, 9.17) is 26.1 Å². The van der Waals surface area contributed by atoms with Crippen LogP contribution >= 0.6 is 11.6 Å². The van der Waals surface area contributed by atoms with Crippen molar-refractivity contribution in [3.8, 4) is 11.5 Å². The molecule has 0 spiro atoms. The van der Waals surface area contributed by atoms with Crippen LogP contribution < -0.4 is 4.74 Å². The highest BCUT2D eigenvalue weighted by molar-refractivity contribution is 6.32. The van der Waals surface area contributed by atoms with E-state index in [2.05, 4.69) is 4.90 Å². The summed E-state index contributed by atoms with van der Waals surface area (Å²) in [6.45, 7) is 3.99. The van der Waals surface area contributed by atoms with Gasteiger partial charge in [-0.15, -0.1) is 0 Å². The lowest BCUT2D eigenvalue weighted by molar-refractivity contribution is -0.137. The van der Waals surface area contributed by atoms with Gasteiger partial charge in [-0.05, 0) is 61.0 Å². The third kappa shape index (κ3) is 6.37. The SMILES string of the molecule is O=C(O)c1ccc2nc(CN3CCN(C(=O)c4cccc(Oc5ccc(C(F)(F)F)cc5Cl)c4)CC3)n(C[C@@H]3CCO3)c2c1. The molecular weight excluding hydrogens is 601 g/mol. The third-order valence-corrected chi connectivity index (χ3v) is 8.14. The molecule has 6 rings (SSSR count). The highest BCUT2D eigenvalue weighted by atomic mass is 35.5. The van der Waals surface area contributed by atoms with E-state index < -0.39 is 17.7 Å². The van der Waals surface area contributed by atoms with Crippen molar-refractivity contribution in [2.75, 3.05) is 32.8 Å². The highest BCUT2D eigenvalue weighted by Crippen LogP contribution is 2.36. The third-order valence-electron chi connectivity index (χ3n) is 7.85. The smallest absolute Gasteiger partial charge is 0.416 e. The minimum atomic E-state index is -4.52. The summed E-state index contributed by atoms with van der Waals surface area (Å²) in [5.41, 5.74) is 1.18. The molecule has 44 heavy (non-hydrogen) atoms. The fraction of sp³-hybridized carbons (Fsp3) is 0.323. The Morgan fingerprint density at radius 3 is 2.45 bits per heavy atom. The molecule has 2 aliphatic heterocycles. The van der Waals surface area contributed by atoms with Crippen LogP contribution in [0.25, 0.3) is 11.0 Å². The Balaban J connectivity index is 1.11. The number of hydrogen-bond acceptors (Lipinski definition) is 6. The maximum atomic E-state index is 13.3. The van der Waals surface area contributed by atoms with Gasteiger partial charge in [0.05, 0.1) is 46.4 Å². The van der Waals surface area contributed by atoms with Crippen LogP contribution in [0.3, 0.4) is 0 Å². The van der Waals surface area contributed by atoms with Gasteiger partial charge in [-0.25, -0.2) is 9.78 Å². The number of imidazole rings is 1. The van der Waals surface area contributed by atoms with Gasteiger partial charge in [-0.2, -0.15) is 13.2 Å². The van der Waals surface area contributed by atoms with Crippen molar-refractivity contribution in [2.24, 2.45) is 0 Å². The lowest BCUT2D eigenvalue weighted by atomic mass is 10.1. The first-order valence-corrected chi connectivity index (χ1v) is 14.4. The molecule has 2 aliphatic rings. The zero-order valence-corrected chi connectivity index (χ0v) is 24.1. The number of alkyl halides is 3. The summed E-state index contributed by atoms with van der Waals surface area (Å²) >= 11 is 6.03. The number of aromatic carboxylic acids is 1. The minimum Gasteiger partial charge on any atom is -0.478 e. The van der Waals surface area contributed by atoms with Crippen LogP contribution in [0.1, 0.15) is 38.5 Å².